The van der Waals surface area contributed by atoms with E-state index in [2.05, 4.69) is 4.90 Å². The lowest BCUT2D eigenvalue weighted by atomic mass is 9.90. The van der Waals surface area contributed by atoms with Gasteiger partial charge in [-0.3, -0.25) is 4.90 Å². The van der Waals surface area contributed by atoms with Crippen LogP contribution in [0, 0.1) is 11.6 Å². The molecule has 2 atom stereocenters. The van der Waals surface area contributed by atoms with Gasteiger partial charge in [0.2, 0.25) is 0 Å². The first-order valence-corrected chi connectivity index (χ1v) is 8.53. The van der Waals surface area contributed by atoms with Crippen LogP contribution in [0.4, 0.5) is 14.5 Å². The molecule has 0 amide bonds. The number of halogens is 2. The Morgan fingerprint density at radius 2 is 1.72 bits per heavy atom. The van der Waals surface area contributed by atoms with Gasteiger partial charge in [-0.25, -0.2) is 8.78 Å². The van der Waals surface area contributed by atoms with Crippen LogP contribution in [0.15, 0.2) is 48.5 Å². The Hall–Kier alpha value is -2.24. The van der Waals surface area contributed by atoms with Gasteiger partial charge in [0.15, 0.2) is 0 Å². The van der Waals surface area contributed by atoms with Gasteiger partial charge in [-0.05, 0) is 23.3 Å². The summed E-state index contributed by atoms with van der Waals surface area (Å²) in [6, 6.07) is 11.3. The molecular weight excluding hydrogens is 322 g/mol. The number of rotatable bonds is 2. The fourth-order valence-corrected chi connectivity index (χ4v) is 3.73. The average Bonchev–Trinajstić information content (AvgIpc) is 2.65. The third kappa shape index (κ3) is 3.05. The number of fused-ring (bicyclic) bond motifs is 1. The van der Waals surface area contributed by atoms with Gasteiger partial charge >= 0.3 is 0 Å². The molecule has 1 fully saturated rings. The fourth-order valence-electron chi connectivity index (χ4n) is 3.73. The van der Waals surface area contributed by atoms with Crippen LogP contribution in [0.2, 0.25) is 0 Å². The smallest absolute Gasteiger partial charge is 0.146 e. The highest BCUT2D eigenvalue weighted by atomic mass is 19.1. The van der Waals surface area contributed by atoms with Crippen molar-refractivity contribution < 1.29 is 13.9 Å². The monoisotopic (exact) mass is 342 g/mol. The molecule has 0 unspecified atom stereocenters. The minimum Gasteiger partial charge on any atom is -0.386 e. The first-order chi connectivity index (χ1) is 12.1. The van der Waals surface area contributed by atoms with Crippen LogP contribution in [-0.2, 0) is 0 Å². The number of aliphatic hydroxyl groups is 1. The molecule has 2 aliphatic rings. The number of aliphatic hydroxyl groups excluding tert-OH is 1. The van der Waals surface area contributed by atoms with Crippen molar-refractivity contribution in [1.29, 1.82) is 0 Å². The SMILES string of the molecule is O[C@H]1c2ccccc2C=C[C@@H]1N1CCN(c2cc(F)ccc2F)CC1. The molecule has 2 aromatic carbocycles. The van der Waals surface area contributed by atoms with Crippen LogP contribution in [-0.4, -0.2) is 42.2 Å². The zero-order chi connectivity index (χ0) is 17.4. The molecule has 2 aromatic rings. The lowest BCUT2D eigenvalue weighted by Crippen LogP contribution is -2.52. The Morgan fingerprint density at radius 3 is 2.52 bits per heavy atom. The van der Waals surface area contributed by atoms with Crippen LogP contribution >= 0.6 is 0 Å². The molecule has 130 valence electrons. The van der Waals surface area contributed by atoms with Crippen molar-refractivity contribution in [3.63, 3.8) is 0 Å². The van der Waals surface area contributed by atoms with Crippen molar-refractivity contribution in [2.75, 3.05) is 31.1 Å². The molecule has 0 radical (unpaired) electrons. The topological polar surface area (TPSA) is 26.7 Å². The van der Waals surface area contributed by atoms with E-state index in [1.54, 1.807) is 0 Å². The molecule has 5 heteroatoms. The summed E-state index contributed by atoms with van der Waals surface area (Å²) in [6.07, 6.45) is 3.51. The Morgan fingerprint density at radius 1 is 0.960 bits per heavy atom. The minimum absolute atomic E-state index is 0.0885. The normalized spacial score (nSPS) is 23.6. The van der Waals surface area contributed by atoms with Crippen LogP contribution in [0.3, 0.4) is 0 Å². The number of benzene rings is 2. The molecule has 0 bridgehead atoms. The van der Waals surface area contributed by atoms with E-state index in [9.17, 15) is 13.9 Å². The summed E-state index contributed by atoms with van der Waals surface area (Å²) >= 11 is 0. The maximum absolute atomic E-state index is 14.0. The van der Waals surface area contributed by atoms with Crippen molar-refractivity contribution in [2.24, 2.45) is 0 Å². The summed E-state index contributed by atoms with van der Waals surface area (Å²) < 4.78 is 27.4. The zero-order valence-corrected chi connectivity index (χ0v) is 13.8. The number of hydrogen-bond acceptors (Lipinski definition) is 3. The molecule has 0 aromatic heterocycles. The quantitative estimate of drug-likeness (QED) is 0.908. The summed E-state index contributed by atoms with van der Waals surface area (Å²) in [6.45, 7) is 2.56. The van der Waals surface area contributed by atoms with Gasteiger partial charge in [0.05, 0.1) is 17.8 Å². The van der Waals surface area contributed by atoms with Gasteiger partial charge in [-0.1, -0.05) is 36.4 Å². The third-order valence-electron chi connectivity index (χ3n) is 5.10. The average molecular weight is 342 g/mol. The molecule has 0 saturated carbocycles. The molecular formula is C20H20F2N2O. The van der Waals surface area contributed by atoms with E-state index >= 15 is 0 Å². The molecule has 1 heterocycles. The number of piperazine rings is 1. The molecule has 3 nitrogen and oxygen atoms in total. The molecule has 0 spiro atoms. The highest BCUT2D eigenvalue weighted by molar-refractivity contribution is 5.58. The van der Waals surface area contributed by atoms with Gasteiger partial charge in [0.1, 0.15) is 11.6 Å². The Bertz CT molecular complexity index is 800. The molecule has 4 rings (SSSR count). The van der Waals surface area contributed by atoms with Gasteiger partial charge in [0.25, 0.3) is 0 Å². The van der Waals surface area contributed by atoms with Crippen molar-refractivity contribution in [2.45, 2.75) is 12.1 Å². The Kier molecular flexibility index (Phi) is 4.27. The van der Waals surface area contributed by atoms with Crippen LogP contribution in [0.1, 0.15) is 17.2 Å². The van der Waals surface area contributed by atoms with E-state index in [-0.39, 0.29) is 6.04 Å². The second kappa shape index (κ2) is 6.58. The highest BCUT2D eigenvalue weighted by Crippen LogP contribution is 2.32. The van der Waals surface area contributed by atoms with Crippen molar-refractivity contribution >= 4 is 11.8 Å². The largest absolute Gasteiger partial charge is 0.386 e. The molecule has 1 aliphatic heterocycles. The second-order valence-corrected chi connectivity index (χ2v) is 6.54. The van der Waals surface area contributed by atoms with Gasteiger partial charge in [-0.2, -0.15) is 0 Å². The lowest BCUT2D eigenvalue weighted by molar-refractivity contribution is 0.0684. The first kappa shape index (κ1) is 16.2. The van der Waals surface area contributed by atoms with E-state index in [0.717, 1.165) is 17.2 Å². The summed E-state index contributed by atoms with van der Waals surface area (Å²) in [5.41, 5.74) is 2.30. The Balaban J connectivity index is 1.47. The number of anilines is 1. The van der Waals surface area contributed by atoms with Crippen molar-refractivity contribution in [3.05, 3.63) is 71.3 Å². The van der Waals surface area contributed by atoms with E-state index < -0.39 is 17.7 Å². The predicted molar refractivity (Wildman–Crippen MR) is 94.4 cm³/mol. The van der Waals surface area contributed by atoms with Crippen molar-refractivity contribution in [1.82, 2.24) is 4.90 Å². The highest BCUT2D eigenvalue weighted by Gasteiger charge is 2.31. The summed E-state index contributed by atoms with van der Waals surface area (Å²) in [7, 11) is 0. The van der Waals surface area contributed by atoms with Gasteiger partial charge < -0.3 is 10.0 Å². The third-order valence-corrected chi connectivity index (χ3v) is 5.10. The lowest BCUT2D eigenvalue weighted by Gasteiger charge is -2.42. The summed E-state index contributed by atoms with van der Waals surface area (Å²) in [4.78, 5) is 4.06. The number of nitrogens with zero attached hydrogens (tertiary/aromatic N) is 2. The van der Waals surface area contributed by atoms with Crippen LogP contribution < -0.4 is 4.90 Å². The van der Waals surface area contributed by atoms with Gasteiger partial charge in [0, 0.05) is 32.2 Å². The molecule has 25 heavy (non-hydrogen) atoms. The fraction of sp³-hybridized carbons (Fsp3) is 0.300. The first-order valence-electron chi connectivity index (χ1n) is 8.53. The van der Waals surface area contributed by atoms with Crippen LogP contribution in [0.5, 0.6) is 0 Å². The van der Waals surface area contributed by atoms with Gasteiger partial charge in [-0.15, -0.1) is 0 Å². The maximum Gasteiger partial charge on any atom is 0.146 e. The van der Waals surface area contributed by atoms with E-state index in [0.29, 0.717) is 31.9 Å². The van der Waals surface area contributed by atoms with E-state index in [4.69, 9.17) is 0 Å². The van der Waals surface area contributed by atoms with E-state index in [1.807, 2.05) is 41.3 Å². The maximum atomic E-state index is 14.0. The molecule has 1 aliphatic carbocycles. The number of hydrogen-bond donors (Lipinski definition) is 1. The Labute approximate surface area is 145 Å². The van der Waals surface area contributed by atoms with Crippen molar-refractivity contribution in [3.8, 4) is 0 Å². The molecule has 1 N–H and O–H groups in total. The standard InChI is InChI=1S/C20H20F2N2O/c21-15-6-7-17(22)19(13-15)24-11-9-23(10-12-24)18-8-5-14-3-1-2-4-16(14)20(18)25/h1-8,13,18,20,25H,9-12H2/t18-,20-/m0/s1. The second-order valence-electron chi connectivity index (χ2n) is 6.54. The summed E-state index contributed by atoms with van der Waals surface area (Å²) in [5, 5.41) is 10.7. The van der Waals surface area contributed by atoms with Crippen LogP contribution in [0.25, 0.3) is 6.08 Å². The molecule has 1 saturated heterocycles. The van der Waals surface area contributed by atoms with E-state index in [1.165, 1.54) is 12.1 Å². The minimum atomic E-state index is -0.571. The zero-order valence-electron chi connectivity index (χ0n) is 13.8. The summed E-state index contributed by atoms with van der Waals surface area (Å²) in [5.74, 6) is -0.831. The predicted octanol–water partition coefficient (Wildman–Crippen LogP) is 3.22.